The number of allylic oxidation sites excluding steroid dienone is 2. The summed E-state index contributed by atoms with van der Waals surface area (Å²) in [6.45, 7) is 5.07. The number of esters is 1. The number of furan rings is 1. The average Bonchev–Trinajstić information content (AvgIpc) is 4.10. The van der Waals surface area contributed by atoms with Gasteiger partial charge in [0.1, 0.15) is 22.8 Å². The van der Waals surface area contributed by atoms with Gasteiger partial charge in [0, 0.05) is 29.7 Å². The van der Waals surface area contributed by atoms with Crippen LogP contribution in [-0.2, 0) is 40.1 Å². The van der Waals surface area contributed by atoms with Crippen LogP contribution in [0.2, 0.25) is 0 Å². The molecule has 2 aromatic heterocycles. The fourth-order valence-electron chi connectivity index (χ4n) is 8.65. The van der Waals surface area contributed by atoms with Crippen molar-refractivity contribution in [2.75, 3.05) is 6.54 Å². The molecule has 2 saturated carbocycles. The molecule has 4 aromatic rings. The minimum Gasteiger partial charge on any atom is -0.470 e. The molecule has 0 bridgehead atoms. The van der Waals surface area contributed by atoms with Gasteiger partial charge in [-0.25, -0.2) is 13.4 Å². The molecule has 330 valence electrons. The van der Waals surface area contributed by atoms with Crippen molar-refractivity contribution in [2.45, 2.75) is 121 Å². The van der Waals surface area contributed by atoms with E-state index in [1.54, 1.807) is 45.0 Å². The Hall–Kier alpha value is -5.32. The first-order chi connectivity index (χ1) is 29.3. The number of benzene rings is 2. The number of ketones is 1. The lowest BCUT2D eigenvalue weighted by molar-refractivity contribution is -0.159. The van der Waals surface area contributed by atoms with Gasteiger partial charge in [-0.1, -0.05) is 49.3 Å². The highest BCUT2D eigenvalue weighted by Gasteiger charge is 2.61. The van der Waals surface area contributed by atoms with Gasteiger partial charge in [0.2, 0.25) is 27.4 Å². The Kier molecular flexibility index (Phi) is 11.5. The maximum atomic E-state index is 14.8. The molecule has 13 nitrogen and oxygen atoms in total. The van der Waals surface area contributed by atoms with Crippen LogP contribution in [0.3, 0.4) is 0 Å². The van der Waals surface area contributed by atoms with Crippen molar-refractivity contribution < 1.29 is 54.7 Å². The Morgan fingerprint density at radius 1 is 0.984 bits per heavy atom. The van der Waals surface area contributed by atoms with E-state index in [9.17, 15) is 40.8 Å². The number of alkyl halides is 3. The molecule has 17 heteroatoms. The van der Waals surface area contributed by atoms with Gasteiger partial charge < -0.3 is 18.8 Å². The number of carbonyl (C=O) groups excluding carboxylic acids is 4. The van der Waals surface area contributed by atoms with E-state index in [2.05, 4.69) is 14.7 Å². The zero-order valence-electron chi connectivity index (χ0n) is 34.7. The number of halogens is 3. The predicted molar refractivity (Wildman–Crippen MR) is 221 cm³/mol. The molecule has 8 rings (SSSR count). The zero-order chi connectivity index (χ0) is 44.2. The second-order valence-corrected chi connectivity index (χ2v) is 20.0. The van der Waals surface area contributed by atoms with Crippen molar-refractivity contribution in [2.24, 2.45) is 17.3 Å². The topological polar surface area (TPSA) is 175 Å². The molecule has 0 radical (unpaired) electrons. The van der Waals surface area contributed by atoms with Gasteiger partial charge in [-0.05, 0) is 89.5 Å². The lowest BCUT2D eigenvalue weighted by Crippen LogP contribution is -2.46. The highest BCUT2D eigenvalue weighted by molar-refractivity contribution is 7.90. The van der Waals surface area contributed by atoms with E-state index in [0.717, 1.165) is 25.0 Å². The molecule has 2 amide bonds. The molecule has 3 fully saturated rings. The minimum absolute atomic E-state index is 0.0483. The number of ether oxygens (including phenoxy) is 2. The summed E-state index contributed by atoms with van der Waals surface area (Å²) >= 11 is 0. The number of carbonyl (C=O) groups is 4. The van der Waals surface area contributed by atoms with Gasteiger partial charge in [-0.2, -0.15) is 18.2 Å². The second kappa shape index (κ2) is 16.4. The summed E-state index contributed by atoms with van der Waals surface area (Å²) in [6, 6.07) is 10.3. The molecule has 62 heavy (non-hydrogen) atoms. The molecule has 0 unspecified atom stereocenters. The van der Waals surface area contributed by atoms with Crippen LogP contribution in [0, 0.1) is 17.3 Å². The van der Waals surface area contributed by atoms with Crippen molar-refractivity contribution >= 4 is 55.7 Å². The van der Waals surface area contributed by atoms with Gasteiger partial charge in [0.15, 0.2) is 11.6 Å². The molecule has 0 spiro atoms. The van der Waals surface area contributed by atoms with E-state index in [1.165, 1.54) is 17.0 Å². The van der Waals surface area contributed by atoms with Crippen molar-refractivity contribution in [1.82, 2.24) is 19.6 Å². The van der Waals surface area contributed by atoms with Crippen molar-refractivity contribution in [1.29, 1.82) is 0 Å². The van der Waals surface area contributed by atoms with Crippen LogP contribution in [0.5, 0.6) is 5.88 Å². The van der Waals surface area contributed by atoms with Crippen LogP contribution in [0.15, 0.2) is 65.1 Å². The molecule has 4 heterocycles. The average molecular weight is 879 g/mol. The smallest absolute Gasteiger partial charge is 0.416 e. The van der Waals surface area contributed by atoms with Gasteiger partial charge in [0.25, 0.3) is 5.88 Å². The summed E-state index contributed by atoms with van der Waals surface area (Å²) < 4.78 is 86.9. The SMILES string of the molecule is CC(C)(C)OC(=O)C[C@H]1CCCCC/C=C\[C@H]2C[C@@]2(C(=O)NS(=O)(=O)C2CC2)CC(=O)[C@@H]2C[C@@H](Oc3nc(-c4ccc(C(F)(F)F)cc4)nc4c3oc3ccccc34)CN2C1=O. The fraction of sp³-hybridized carbons (Fsp3) is 0.511. The summed E-state index contributed by atoms with van der Waals surface area (Å²) in [5.41, 5.74) is -1.81. The second-order valence-electron chi connectivity index (χ2n) is 18.0. The first kappa shape index (κ1) is 43.3. The number of aromatic nitrogens is 2. The normalized spacial score (nSPS) is 25.7. The largest absolute Gasteiger partial charge is 0.470 e. The van der Waals surface area contributed by atoms with E-state index >= 15 is 0 Å². The Balaban J connectivity index is 1.15. The summed E-state index contributed by atoms with van der Waals surface area (Å²) in [6.07, 6.45) is 2.07. The molecule has 1 N–H and O–H groups in total. The third-order valence-electron chi connectivity index (χ3n) is 12.1. The molecule has 5 atom stereocenters. The number of hydrogen-bond acceptors (Lipinski definition) is 11. The molecular weight excluding hydrogens is 830 g/mol. The highest BCUT2D eigenvalue weighted by Crippen LogP contribution is 2.57. The summed E-state index contributed by atoms with van der Waals surface area (Å²) in [4.78, 5) is 67.3. The van der Waals surface area contributed by atoms with Gasteiger partial charge in [-0.3, -0.25) is 23.9 Å². The predicted octanol–water partition coefficient (Wildman–Crippen LogP) is 7.85. The number of nitrogens with zero attached hydrogens (tertiary/aromatic N) is 3. The first-order valence-corrected chi connectivity index (χ1v) is 22.7. The van der Waals surface area contributed by atoms with Crippen LogP contribution in [0.25, 0.3) is 33.5 Å². The monoisotopic (exact) mass is 878 g/mol. The molecule has 2 aliphatic carbocycles. The number of nitrogens with one attached hydrogen (secondary N) is 1. The third-order valence-corrected chi connectivity index (χ3v) is 13.9. The quantitative estimate of drug-likeness (QED) is 0.135. The lowest BCUT2D eigenvalue weighted by atomic mass is 9.90. The third kappa shape index (κ3) is 9.23. The number of para-hydroxylation sites is 1. The van der Waals surface area contributed by atoms with Crippen LogP contribution < -0.4 is 9.46 Å². The van der Waals surface area contributed by atoms with Crippen molar-refractivity contribution in [3.8, 4) is 17.3 Å². The Bertz CT molecular complexity index is 2550. The van der Waals surface area contributed by atoms with Crippen molar-refractivity contribution in [3.63, 3.8) is 0 Å². The van der Waals surface area contributed by atoms with Crippen LogP contribution >= 0.6 is 0 Å². The van der Waals surface area contributed by atoms with E-state index < -0.39 is 85.6 Å². The highest BCUT2D eigenvalue weighted by atomic mass is 32.2. The van der Waals surface area contributed by atoms with E-state index in [1.807, 2.05) is 12.2 Å². The number of hydrogen-bond donors (Lipinski definition) is 1. The van der Waals surface area contributed by atoms with Crippen LogP contribution in [-0.4, -0.2) is 76.4 Å². The lowest BCUT2D eigenvalue weighted by Gasteiger charge is -2.29. The number of rotatable bonds is 8. The van der Waals surface area contributed by atoms with E-state index in [4.69, 9.17) is 13.9 Å². The van der Waals surface area contributed by atoms with E-state index in [-0.39, 0.29) is 55.1 Å². The summed E-state index contributed by atoms with van der Waals surface area (Å²) in [5, 5.41) is -0.0614. The summed E-state index contributed by atoms with van der Waals surface area (Å²) in [5.74, 6) is -3.49. The summed E-state index contributed by atoms with van der Waals surface area (Å²) in [7, 11) is -3.93. The standard InChI is InChI=1S/C45H49F3N4O9S/c1-43(2,3)61-36(54)21-27-11-7-5-4-6-8-12-29-23-44(29,42(56)51-62(57,58)31-19-20-31)24-34(53)33-22-30(25-52(33)41(27)55)59-40-38-37(32-13-9-10-14-35(32)60-38)49-39(50-40)26-15-17-28(18-16-26)45(46,47)48/h8-10,12-18,27,29-31,33H,4-7,11,19-25H2,1-3H3,(H,51,56)/b12-8-/t27-,29+,30-,33+,44-/m1/s1. The number of sulfonamides is 1. The first-order valence-electron chi connectivity index (χ1n) is 21.1. The van der Waals surface area contributed by atoms with Gasteiger partial charge >= 0.3 is 12.1 Å². The Labute approximate surface area is 356 Å². The number of amides is 2. The fourth-order valence-corrected chi connectivity index (χ4v) is 10.0. The van der Waals surface area contributed by atoms with E-state index in [0.29, 0.717) is 48.6 Å². The van der Waals surface area contributed by atoms with Crippen LogP contribution in [0.4, 0.5) is 13.2 Å². The molecular formula is C45H49F3N4O9S. The maximum Gasteiger partial charge on any atom is 0.416 e. The number of fused-ring (bicyclic) bond motifs is 5. The molecule has 1 saturated heterocycles. The van der Waals surface area contributed by atoms with Gasteiger partial charge in [-0.15, -0.1) is 0 Å². The molecule has 2 aromatic carbocycles. The maximum absolute atomic E-state index is 14.8. The Morgan fingerprint density at radius 2 is 1.73 bits per heavy atom. The van der Waals surface area contributed by atoms with Crippen molar-refractivity contribution in [3.05, 3.63) is 66.2 Å². The molecule has 2 aliphatic heterocycles. The Morgan fingerprint density at radius 3 is 2.44 bits per heavy atom. The van der Waals surface area contributed by atoms with Gasteiger partial charge in [0.05, 0.1) is 35.2 Å². The minimum atomic E-state index is -4.56. The number of Topliss-reactive ketones (excluding diaryl/α,β-unsaturated/α-hetero) is 1. The molecule has 4 aliphatic rings. The van der Waals surface area contributed by atoms with Crippen LogP contribution in [0.1, 0.15) is 97.0 Å². The zero-order valence-corrected chi connectivity index (χ0v) is 35.5.